The van der Waals surface area contributed by atoms with Crippen molar-refractivity contribution in [3.8, 4) is 22.6 Å². The molecule has 1 fully saturated rings. The van der Waals surface area contributed by atoms with Gasteiger partial charge in [0.2, 0.25) is 5.78 Å². The summed E-state index contributed by atoms with van der Waals surface area (Å²) in [5.74, 6) is 0.818. The predicted molar refractivity (Wildman–Crippen MR) is 129 cm³/mol. The van der Waals surface area contributed by atoms with E-state index in [-0.39, 0.29) is 23.0 Å². The van der Waals surface area contributed by atoms with Gasteiger partial charge >= 0.3 is 0 Å². The van der Waals surface area contributed by atoms with Crippen LogP contribution in [0.2, 0.25) is 0 Å². The van der Waals surface area contributed by atoms with E-state index in [1.807, 2.05) is 26.0 Å². The summed E-state index contributed by atoms with van der Waals surface area (Å²) in [7, 11) is 0. The van der Waals surface area contributed by atoms with Crippen molar-refractivity contribution in [3.05, 3.63) is 76.5 Å². The molecule has 2 heterocycles. The number of carbonyl (C=O) groups excluding carboxylic acids is 1. The monoisotopic (exact) mass is 436 g/mol. The summed E-state index contributed by atoms with van der Waals surface area (Å²) >= 11 is 0. The fraction of sp³-hybridized carbons (Fsp3) is 0.393. The minimum atomic E-state index is -0.600. The van der Waals surface area contributed by atoms with Gasteiger partial charge in [-0.25, -0.2) is 16.5 Å². The Kier molecular flexibility index (Phi) is 5.12. The Hall–Kier alpha value is -3.39. The highest BCUT2D eigenvalue weighted by Gasteiger charge is 2.55. The number of benzene rings is 1. The summed E-state index contributed by atoms with van der Waals surface area (Å²) in [6.45, 7) is 15.9. The van der Waals surface area contributed by atoms with Gasteiger partial charge in [-0.2, -0.15) is 0 Å². The molecule has 5 heteroatoms. The number of pyridine rings is 1. The molecule has 2 aliphatic rings. The third-order valence-corrected chi connectivity index (χ3v) is 7.71. The lowest BCUT2D eigenvalue weighted by molar-refractivity contribution is -0.129. The Labute approximate surface area is 195 Å². The molecule has 1 unspecified atom stereocenters. The average molecular weight is 437 g/mol. The first-order valence-electron chi connectivity index (χ1n) is 11.6. The Balaban J connectivity index is 1.76. The van der Waals surface area contributed by atoms with Gasteiger partial charge in [0.25, 0.3) is 6.04 Å². The van der Waals surface area contributed by atoms with E-state index in [1.54, 1.807) is 6.20 Å². The molecular formula is C28H28N4O. The van der Waals surface area contributed by atoms with Crippen LogP contribution in [0.5, 0.6) is 0 Å². The molecule has 0 spiro atoms. The third kappa shape index (κ3) is 3.45. The van der Waals surface area contributed by atoms with Crippen LogP contribution in [0.1, 0.15) is 49.2 Å². The van der Waals surface area contributed by atoms with Crippen LogP contribution in [-0.2, 0) is 16.6 Å². The van der Waals surface area contributed by atoms with Gasteiger partial charge in [0, 0.05) is 46.3 Å². The smallest absolute Gasteiger partial charge is 0.282 e. The molecule has 5 nitrogen and oxygen atoms in total. The second-order valence-electron chi connectivity index (χ2n) is 9.88. The number of fused-ring (bicyclic) bond motifs is 3. The minimum Gasteiger partial charge on any atom is -0.305 e. The van der Waals surface area contributed by atoms with Crippen molar-refractivity contribution in [2.45, 2.75) is 58.4 Å². The van der Waals surface area contributed by atoms with E-state index >= 15 is 0 Å². The normalized spacial score (nSPS) is 26.3. The van der Waals surface area contributed by atoms with Crippen molar-refractivity contribution in [2.24, 2.45) is 11.8 Å². The molecule has 0 aliphatic heterocycles. The van der Waals surface area contributed by atoms with Gasteiger partial charge in [0.05, 0.1) is 11.4 Å². The average Bonchev–Trinajstić information content (AvgIpc) is 2.81. The summed E-state index contributed by atoms with van der Waals surface area (Å²) < 4.78 is 0. The quantitative estimate of drug-likeness (QED) is 0.495. The van der Waals surface area contributed by atoms with Gasteiger partial charge in [0.15, 0.2) is 5.82 Å². The van der Waals surface area contributed by atoms with Gasteiger partial charge in [-0.1, -0.05) is 43.7 Å². The molecule has 166 valence electrons. The lowest BCUT2D eigenvalue weighted by atomic mass is 9.55. The summed E-state index contributed by atoms with van der Waals surface area (Å²) in [6, 6.07) is 11.8. The van der Waals surface area contributed by atoms with Crippen molar-refractivity contribution in [1.29, 1.82) is 0 Å². The zero-order valence-corrected chi connectivity index (χ0v) is 19.6. The lowest BCUT2D eigenvalue weighted by Gasteiger charge is -2.47. The van der Waals surface area contributed by atoms with Gasteiger partial charge in [-0.3, -0.25) is 9.78 Å². The maximum atomic E-state index is 12.9. The third-order valence-electron chi connectivity index (χ3n) is 7.71. The number of carbonyl (C=O) groups is 1. The largest absolute Gasteiger partial charge is 0.305 e. The zero-order chi connectivity index (χ0) is 23.3. The Bertz CT molecular complexity index is 1290. The number of aromatic nitrogens is 3. The summed E-state index contributed by atoms with van der Waals surface area (Å²) in [5.41, 5.74) is 6.95. The second-order valence-corrected chi connectivity index (χ2v) is 9.88. The summed E-state index contributed by atoms with van der Waals surface area (Å²) in [4.78, 5) is 31.1. The number of aryl methyl sites for hydroxylation is 2. The highest BCUT2D eigenvalue weighted by molar-refractivity contribution is 5.89. The molecule has 0 bridgehead atoms. The maximum Gasteiger partial charge on any atom is 0.282 e. The predicted octanol–water partition coefficient (Wildman–Crippen LogP) is 5.54. The molecule has 33 heavy (non-hydrogen) atoms. The lowest BCUT2D eigenvalue weighted by Crippen LogP contribution is -2.52. The van der Waals surface area contributed by atoms with E-state index < -0.39 is 6.04 Å². The second kappa shape index (κ2) is 7.88. The first kappa shape index (κ1) is 21.5. The molecule has 1 saturated carbocycles. The van der Waals surface area contributed by atoms with E-state index in [4.69, 9.17) is 16.5 Å². The highest BCUT2D eigenvalue weighted by Crippen LogP contribution is 2.52. The van der Waals surface area contributed by atoms with Gasteiger partial charge in [0.1, 0.15) is 0 Å². The molecule has 0 N–H and O–H groups in total. The maximum absolute atomic E-state index is 12.9. The van der Waals surface area contributed by atoms with Crippen LogP contribution in [0.4, 0.5) is 0 Å². The van der Waals surface area contributed by atoms with Crippen LogP contribution in [0.3, 0.4) is 0 Å². The van der Waals surface area contributed by atoms with Crippen molar-refractivity contribution >= 4 is 5.78 Å². The van der Waals surface area contributed by atoms with E-state index in [0.717, 1.165) is 46.6 Å². The number of hydrogen-bond donors (Lipinski definition) is 0. The van der Waals surface area contributed by atoms with Crippen molar-refractivity contribution < 1.29 is 4.79 Å². The topological polar surface area (TPSA) is 60.1 Å². The summed E-state index contributed by atoms with van der Waals surface area (Å²) in [6.07, 6.45) is 4.07. The molecule has 1 aromatic carbocycles. The fourth-order valence-corrected chi connectivity index (χ4v) is 5.91. The van der Waals surface area contributed by atoms with Crippen LogP contribution in [0, 0.1) is 32.3 Å². The summed E-state index contributed by atoms with van der Waals surface area (Å²) in [5, 5.41) is 0. The molecule has 0 saturated heterocycles. The molecule has 4 atom stereocenters. The molecule has 3 aromatic rings. The highest BCUT2D eigenvalue weighted by atomic mass is 16.1. The van der Waals surface area contributed by atoms with Gasteiger partial charge in [-0.05, 0) is 44.7 Å². The zero-order valence-electron chi connectivity index (χ0n) is 19.6. The molecule has 5 rings (SSSR count). The number of ketones is 1. The Morgan fingerprint density at radius 2 is 1.85 bits per heavy atom. The molecule has 0 amide bonds. The van der Waals surface area contributed by atoms with E-state index in [2.05, 4.69) is 47.9 Å². The van der Waals surface area contributed by atoms with Crippen LogP contribution in [0.25, 0.3) is 27.5 Å². The standard InChI is InChI=1S/C28H28N4O/c1-16-6-8-19(9-7-16)24-21-10-11-22-18(3)25(33)23(29-5)15-28(22,4)26(21)32-27(31-24)20-12-13-30-17(2)14-20/h6-9,12-14,18,22-23H,10-11,15H2,1-4H3/t18-,22-,23?,28-/m1/s1. The molecular weight excluding hydrogens is 408 g/mol. The van der Waals surface area contributed by atoms with Crippen LogP contribution < -0.4 is 0 Å². The molecule has 2 aliphatic carbocycles. The number of nitrogens with zero attached hydrogens (tertiary/aromatic N) is 4. The first-order chi connectivity index (χ1) is 15.8. The van der Waals surface area contributed by atoms with E-state index in [1.165, 1.54) is 5.56 Å². The van der Waals surface area contributed by atoms with Crippen molar-refractivity contribution in [1.82, 2.24) is 15.0 Å². The molecule has 2 aromatic heterocycles. The van der Waals surface area contributed by atoms with Gasteiger partial charge < -0.3 is 4.85 Å². The van der Waals surface area contributed by atoms with Crippen LogP contribution in [-0.4, -0.2) is 26.8 Å². The van der Waals surface area contributed by atoms with E-state index in [0.29, 0.717) is 12.2 Å². The van der Waals surface area contributed by atoms with Crippen LogP contribution >= 0.6 is 0 Å². The van der Waals surface area contributed by atoms with Gasteiger partial charge in [-0.15, -0.1) is 0 Å². The Morgan fingerprint density at radius 1 is 1.09 bits per heavy atom. The first-order valence-corrected chi connectivity index (χ1v) is 11.6. The molecule has 0 radical (unpaired) electrons. The SMILES string of the molecule is [C-]#[N+]C1C[C@@]2(C)c3nc(-c4ccnc(C)c4)nc(-c4ccc(C)cc4)c3CC[C@@H]2[C@@H](C)C1=O. The minimum absolute atomic E-state index is 0.0914. The Morgan fingerprint density at radius 3 is 2.55 bits per heavy atom. The number of hydrogen-bond acceptors (Lipinski definition) is 4. The fourth-order valence-electron chi connectivity index (χ4n) is 5.91. The van der Waals surface area contributed by atoms with Crippen LogP contribution in [0.15, 0.2) is 42.6 Å². The van der Waals surface area contributed by atoms with E-state index in [9.17, 15) is 4.79 Å². The number of Topliss-reactive ketones (excluding diaryl/α,β-unsaturated/α-hetero) is 1. The number of rotatable bonds is 2. The van der Waals surface area contributed by atoms with Crippen molar-refractivity contribution in [3.63, 3.8) is 0 Å². The van der Waals surface area contributed by atoms with Crippen molar-refractivity contribution in [2.75, 3.05) is 0 Å².